The Morgan fingerprint density at radius 2 is 1.04 bits per heavy atom. The Bertz CT molecular complexity index is 6260. The van der Waals surface area contributed by atoms with Gasteiger partial charge in [-0.3, -0.25) is 0 Å². The lowest BCUT2D eigenvalue weighted by Gasteiger charge is -2.37. The van der Waals surface area contributed by atoms with Crippen LogP contribution in [0.25, 0.3) is 142 Å². The van der Waals surface area contributed by atoms with E-state index in [1.54, 1.807) is 0 Å². The van der Waals surface area contributed by atoms with E-state index < -0.39 is 0 Å². The number of hydrogen-bond donors (Lipinski definition) is 0. The number of fused-ring (bicyclic) bond motifs is 24. The molecule has 4 heterocycles. The Kier molecular flexibility index (Phi) is 8.39. The number of allylic oxidation sites excluding steroid dienone is 21. The van der Waals surface area contributed by atoms with Crippen molar-refractivity contribution in [1.29, 1.82) is 0 Å². The van der Waals surface area contributed by atoms with Crippen LogP contribution in [0.4, 0.5) is 0 Å². The lowest BCUT2D eigenvalue weighted by Crippen LogP contribution is -2.59. The first-order chi connectivity index (χ1) is 44.2. The third-order valence-electron chi connectivity index (χ3n) is 22.4. The van der Waals surface area contributed by atoms with Crippen LogP contribution in [0.5, 0.6) is 0 Å². The van der Waals surface area contributed by atoms with Gasteiger partial charge in [0.25, 0.3) is 6.71 Å². The minimum atomic E-state index is -0.109. The van der Waals surface area contributed by atoms with E-state index in [0.29, 0.717) is 0 Å². The molecule has 89 heavy (non-hydrogen) atoms. The molecule has 0 N–H and O–H groups in total. The predicted molar refractivity (Wildman–Crippen MR) is 377 cm³/mol. The molecule has 0 spiro atoms. The molecule has 2 atom stereocenters. The molecule has 12 aromatic carbocycles. The highest BCUT2D eigenvalue weighted by Crippen LogP contribution is 2.54. The van der Waals surface area contributed by atoms with Crippen LogP contribution >= 0.6 is 0 Å². The zero-order chi connectivity index (χ0) is 57.2. The molecule has 0 radical (unpaired) electrons. The molecule has 0 bridgehead atoms. The van der Waals surface area contributed by atoms with Gasteiger partial charge in [-0.2, -0.15) is 0 Å². The summed E-state index contributed by atoms with van der Waals surface area (Å²) in [6, 6.07) is 69.1. The van der Waals surface area contributed by atoms with Gasteiger partial charge in [0, 0.05) is 66.6 Å². The van der Waals surface area contributed by atoms with Gasteiger partial charge < -0.3 is 9.13 Å². The van der Waals surface area contributed by atoms with Crippen LogP contribution in [0.3, 0.4) is 0 Å². The van der Waals surface area contributed by atoms with Crippen LogP contribution in [0.15, 0.2) is 294 Å². The molecule has 2 unspecified atom stereocenters. The van der Waals surface area contributed by atoms with Crippen molar-refractivity contribution < 1.29 is 0 Å². The fourth-order valence-corrected chi connectivity index (χ4v) is 19.0. The third kappa shape index (κ3) is 5.57. The van der Waals surface area contributed by atoms with Crippen molar-refractivity contribution >= 4 is 143 Å². The highest BCUT2D eigenvalue weighted by Gasteiger charge is 2.44. The molecule has 14 aromatic rings. The zero-order valence-corrected chi connectivity index (χ0v) is 48.4. The summed E-state index contributed by atoms with van der Waals surface area (Å²) in [5.41, 5.74) is 31.0. The zero-order valence-electron chi connectivity index (χ0n) is 48.4. The van der Waals surface area contributed by atoms with E-state index in [1.165, 1.54) is 214 Å². The van der Waals surface area contributed by atoms with Gasteiger partial charge in [-0.25, -0.2) is 0 Å². The highest BCUT2D eigenvalue weighted by atomic mass is 15.0. The van der Waals surface area contributed by atoms with Crippen molar-refractivity contribution in [3.05, 3.63) is 316 Å². The number of nitrogens with zero attached hydrogens (tertiary/aromatic N) is 2. The van der Waals surface area contributed by atoms with Crippen molar-refractivity contribution in [2.75, 3.05) is 0 Å². The summed E-state index contributed by atoms with van der Waals surface area (Å²) in [5.74, 6) is 0.445. The fourth-order valence-electron chi connectivity index (χ4n) is 19.0. The van der Waals surface area contributed by atoms with E-state index in [4.69, 9.17) is 0 Å². The molecule has 23 rings (SSSR count). The van der Waals surface area contributed by atoms with Crippen LogP contribution in [0.1, 0.15) is 34.6 Å². The Labute approximate surface area is 512 Å². The second-order valence-corrected chi connectivity index (χ2v) is 26.3. The number of benzene rings is 12. The Morgan fingerprint density at radius 1 is 0.404 bits per heavy atom. The van der Waals surface area contributed by atoms with Crippen LogP contribution in [0, 0.1) is 5.92 Å². The Morgan fingerprint density at radius 3 is 1.83 bits per heavy atom. The molecule has 0 saturated heterocycles. The van der Waals surface area contributed by atoms with Gasteiger partial charge in [0.1, 0.15) is 0 Å². The van der Waals surface area contributed by atoms with E-state index in [0.717, 1.165) is 12.8 Å². The maximum absolute atomic E-state index is 2.74. The average Bonchev–Trinajstić information content (AvgIpc) is 1.59. The minimum absolute atomic E-state index is 0.109. The molecule has 7 aliphatic carbocycles. The molecule has 406 valence electrons. The standard InChI is InChI=1S/C86H49BN2/c1-3-20-60-56(16-1)58-18-5-7-22-62(58)80-66(60)40-41-73-82(80)70-43-53(55-35-31-51-29-27-47-13-10-15-49-33-37-65(55)79(51)77(47)49)45-72-85(70)88(73)74-24-11-25-75-83(74)87(72)71-44-52(54-34-30-50-28-26-46-12-9-14-48-32-36-64(54)78(50)76(46)48)42-69-68-39-38-67-61-21-4-2-17-57(61)59-19-6-8-23-63(59)81(67)86(68)89(75)84(69)71/h1-11,13-28,30-45,77-78H,12,29H2. The lowest BCUT2D eigenvalue weighted by molar-refractivity contribution is 0.835. The van der Waals surface area contributed by atoms with Gasteiger partial charge in [-0.1, -0.05) is 231 Å². The molecular weight excluding hydrogens is 1070 g/mol. The first-order valence-electron chi connectivity index (χ1n) is 31.9. The summed E-state index contributed by atoms with van der Waals surface area (Å²) in [4.78, 5) is 0. The molecular formula is C86H49BN2. The van der Waals surface area contributed by atoms with Crippen molar-refractivity contribution in [3.63, 3.8) is 0 Å². The summed E-state index contributed by atoms with van der Waals surface area (Å²) >= 11 is 0. The summed E-state index contributed by atoms with van der Waals surface area (Å²) < 4.78 is 5.44. The van der Waals surface area contributed by atoms with E-state index in [9.17, 15) is 0 Å². The second-order valence-electron chi connectivity index (χ2n) is 26.3. The minimum Gasteiger partial charge on any atom is -0.310 e. The van der Waals surface area contributed by atoms with Gasteiger partial charge >= 0.3 is 0 Å². The van der Waals surface area contributed by atoms with Crippen LogP contribution in [0.2, 0.25) is 0 Å². The monoisotopic (exact) mass is 1120 g/mol. The van der Waals surface area contributed by atoms with Crippen molar-refractivity contribution in [1.82, 2.24) is 9.13 Å². The molecule has 2 aromatic heterocycles. The van der Waals surface area contributed by atoms with Gasteiger partial charge in [0.2, 0.25) is 0 Å². The topological polar surface area (TPSA) is 9.86 Å². The van der Waals surface area contributed by atoms with Gasteiger partial charge in [-0.05, 0) is 191 Å². The first-order valence-corrected chi connectivity index (χ1v) is 31.9. The Hall–Kier alpha value is -11.0. The molecule has 9 aliphatic rings. The summed E-state index contributed by atoms with van der Waals surface area (Å²) in [6.45, 7) is -0.109. The van der Waals surface area contributed by atoms with E-state index in [-0.39, 0.29) is 18.5 Å². The summed E-state index contributed by atoms with van der Waals surface area (Å²) in [6.07, 6.45) is 35.4. The van der Waals surface area contributed by atoms with Gasteiger partial charge in [0.05, 0.1) is 11.0 Å². The van der Waals surface area contributed by atoms with E-state index in [1.807, 2.05) is 0 Å². The Balaban J connectivity index is 0.902. The average molecular weight is 1120 g/mol. The van der Waals surface area contributed by atoms with Crippen LogP contribution in [-0.4, -0.2) is 15.8 Å². The quantitative estimate of drug-likeness (QED) is 0.121. The molecule has 0 fully saturated rings. The predicted octanol–water partition coefficient (Wildman–Crippen LogP) is 19.3. The summed E-state index contributed by atoms with van der Waals surface area (Å²) in [5, 5.41) is 20.8. The number of hydrogen-bond acceptors (Lipinski definition) is 0. The SMILES string of the molecule is C1=CC2=CCc3ccc(-c4cc5c6c(c4)c4c7c8ccccc8c8ccccc8c7ccc4n6-c4cccc6c4B5c4cc(C5=C7C=CC8=C9C(=CC=C(C=C5)C79)CC=C8)cc5c7ccc8c9ccccc9c9ccccc9c8c7n-6c45)c4c3C2C(=C1)C=C4. The first kappa shape index (κ1) is 46.3. The van der Waals surface area contributed by atoms with Crippen molar-refractivity contribution in [2.24, 2.45) is 5.92 Å². The van der Waals surface area contributed by atoms with E-state index >= 15 is 0 Å². The van der Waals surface area contributed by atoms with Crippen molar-refractivity contribution in [3.8, 4) is 22.5 Å². The number of rotatable bonds is 2. The summed E-state index contributed by atoms with van der Waals surface area (Å²) in [7, 11) is 0. The molecule has 0 saturated carbocycles. The number of aromatic nitrogens is 2. The molecule has 3 heteroatoms. The maximum Gasteiger partial charge on any atom is 0.252 e. The van der Waals surface area contributed by atoms with Gasteiger partial charge in [-0.15, -0.1) is 0 Å². The van der Waals surface area contributed by atoms with Crippen LogP contribution < -0.4 is 16.4 Å². The molecule has 0 amide bonds. The molecule has 2 aliphatic heterocycles. The van der Waals surface area contributed by atoms with Gasteiger partial charge in [0.15, 0.2) is 0 Å². The largest absolute Gasteiger partial charge is 0.310 e. The smallest absolute Gasteiger partial charge is 0.252 e. The second kappa shape index (κ2) is 16.1. The fraction of sp³-hybridized carbons (Fsp3) is 0.0465. The lowest BCUT2D eigenvalue weighted by atomic mass is 9.34. The highest BCUT2D eigenvalue weighted by molar-refractivity contribution is 7.00. The molecule has 2 nitrogen and oxygen atoms in total. The van der Waals surface area contributed by atoms with E-state index in [2.05, 4.69) is 270 Å². The normalized spacial score (nSPS) is 18.4. The van der Waals surface area contributed by atoms with Crippen molar-refractivity contribution in [2.45, 2.75) is 18.8 Å². The maximum atomic E-state index is 2.74. The third-order valence-corrected chi connectivity index (χ3v) is 22.4. The van der Waals surface area contributed by atoms with Crippen LogP contribution in [-0.2, 0) is 6.42 Å².